The van der Waals surface area contributed by atoms with Gasteiger partial charge in [-0.25, -0.2) is 0 Å². The Hall–Kier alpha value is -2.63. The molecule has 4 rings (SSSR count). The number of rotatable bonds is 3. The Labute approximate surface area is 168 Å². The Bertz CT molecular complexity index is 992. The second kappa shape index (κ2) is 7.55. The summed E-state index contributed by atoms with van der Waals surface area (Å²) >= 11 is 6.77. The van der Waals surface area contributed by atoms with E-state index in [1.165, 1.54) is 17.4 Å². The average molecular weight is 391 g/mol. The molecule has 1 saturated heterocycles. The van der Waals surface area contributed by atoms with Crippen LogP contribution >= 0.6 is 24.0 Å². The molecule has 2 heterocycles. The van der Waals surface area contributed by atoms with Crippen LogP contribution in [-0.4, -0.2) is 16.8 Å². The quantitative estimate of drug-likeness (QED) is 0.519. The highest BCUT2D eigenvalue weighted by molar-refractivity contribution is 8.27. The summed E-state index contributed by atoms with van der Waals surface area (Å²) in [6.45, 7) is 3.04. The molecule has 0 bridgehead atoms. The number of para-hydroxylation sites is 2. The van der Waals surface area contributed by atoms with E-state index in [0.29, 0.717) is 9.23 Å². The Morgan fingerprint density at radius 3 is 2.56 bits per heavy atom. The number of thioether (sulfide) groups is 1. The molecule has 0 N–H and O–H groups in total. The van der Waals surface area contributed by atoms with Gasteiger partial charge >= 0.3 is 0 Å². The van der Waals surface area contributed by atoms with Crippen molar-refractivity contribution < 1.29 is 4.79 Å². The van der Waals surface area contributed by atoms with Crippen molar-refractivity contribution in [1.29, 1.82) is 0 Å². The monoisotopic (exact) mass is 390 g/mol. The van der Waals surface area contributed by atoms with E-state index < -0.39 is 0 Å². The van der Waals surface area contributed by atoms with E-state index in [-0.39, 0.29) is 5.91 Å². The highest BCUT2D eigenvalue weighted by Gasteiger charge is 2.32. The summed E-state index contributed by atoms with van der Waals surface area (Å²) in [7, 11) is 0. The summed E-state index contributed by atoms with van der Waals surface area (Å²) in [6, 6.07) is 17.8. The molecule has 0 spiro atoms. The van der Waals surface area contributed by atoms with Crippen LogP contribution in [0.5, 0.6) is 0 Å². The van der Waals surface area contributed by atoms with Crippen molar-refractivity contribution >= 4 is 51.2 Å². The summed E-state index contributed by atoms with van der Waals surface area (Å²) in [4.78, 5) is 17.3. The molecule has 27 heavy (non-hydrogen) atoms. The van der Waals surface area contributed by atoms with Gasteiger partial charge in [-0.05, 0) is 42.8 Å². The molecule has 0 unspecified atom stereocenters. The minimum absolute atomic E-state index is 0.0729. The molecular formula is C22H18N2OS2. The third-order valence-corrected chi connectivity index (χ3v) is 5.84. The van der Waals surface area contributed by atoms with Gasteiger partial charge in [0.05, 0.1) is 10.6 Å². The lowest BCUT2D eigenvalue weighted by molar-refractivity contribution is -0.113. The first-order valence-corrected chi connectivity index (χ1v) is 9.99. The highest BCUT2D eigenvalue weighted by atomic mass is 32.2. The van der Waals surface area contributed by atoms with Gasteiger partial charge < -0.3 is 4.90 Å². The van der Waals surface area contributed by atoms with Gasteiger partial charge in [0.25, 0.3) is 5.91 Å². The van der Waals surface area contributed by atoms with E-state index in [1.807, 2.05) is 54.6 Å². The number of carbonyl (C=O) groups excluding carboxylic acids is 1. The molecule has 134 valence electrons. The Morgan fingerprint density at radius 2 is 1.78 bits per heavy atom. The first kappa shape index (κ1) is 17.8. The lowest BCUT2D eigenvalue weighted by Crippen LogP contribution is -2.27. The molecule has 1 amide bonds. The molecule has 0 radical (unpaired) electrons. The predicted molar refractivity (Wildman–Crippen MR) is 119 cm³/mol. The van der Waals surface area contributed by atoms with E-state index in [9.17, 15) is 4.79 Å². The van der Waals surface area contributed by atoms with Crippen LogP contribution in [0.25, 0.3) is 5.57 Å². The van der Waals surface area contributed by atoms with Crippen LogP contribution in [0.3, 0.4) is 0 Å². The van der Waals surface area contributed by atoms with Crippen LogP contribution in [0.15, 0.2) is 83.9 Å². The normalized spacial score (nSPS) is 19.3. The molecule has 5 heteroatoms. The number of amides is 1. The Morgan fingerprint density at radius 1 is 1.04 bits per heavy atom. The number of nitrogens with zero attached hydrogens (tertiary/aromatic N) is 2. The fourth-order valence-corrected chi connectivity index (χ4v) is 4.42. The highest BCUT2D eigenvalue weighted by Crippen LogP contribution is 2.36. The first-order valence-electron chi connectivity index (χ1n) is 8.76. The van der Waals surface area contributed by atoms with E-state index in [2.05, 4.69) is 36.2 Å². The zero-order chi connectivity index (χ0) is 18.8. The molecule has 0 aromatic heterocycles. The fraction of sp³-hybridized carbons (Fsp3) is 0.0909. The minimum Gasteiger partial charge on any atom is -0.348 e. The van der Waals surface area contributed by atoms with Crippen LogP contribution in [0.4, 0.5) is 11.4 Å². The van der Waals surface area contributed by atoms with Gasteiger partial charge in [-0.15, -0.1) is 0 Å². The molecule has 1 fully saturated rings. The molecule has 2 aliphatic heterocycles. The maximum absolute atomic E-state index is 12.8. The van der Waals surface area contributed by atoms with Crippen LogP contribution in [0.1, 0.15) is 12.5 Å². The topological polar surface area (TPSA) is 23.6 Å². The third-order valence-electron chi connectivity index (χ3n) is 4.52. The smallest absolute Gasteiger partial charge is 0.270 e. The van der Waals surface area contributed by atoms with Gasteiger partial charge in [-0.1, -0.05) is 66.5 Å². The summed E-state index contributed by atoms with van der Waals surface area (Å²) in [5.41, 5.74) is 4.23. The summed E-state index contributed by atoms with van der Waals surface area (Å²) in [5.74, 6) is -0.0729. The van der Waals surface area contributed by atoms with Crippen LogP contribution < -0.4 is 9.80 Å². The van der Waals surface area contributed by atoms with Crippen LogP contribution in [-0.2, 0) is 4.79 Å². The molecule has 0 aliphatic carbocycles. The van der Waals surface area contributed by atoms with Gasteiger partial charge in [-0.3, -0.25) is 9.69 Å². The molecule has 2 aromatic carbocycles. The number of thiocarbonyl (C=S) groups is 1. The number of hydrogen-bond acceptors (Lipinski definition) is 4. The number of carbonyl (C=O) groups is 1. The van der Waals surface area contributed by atoms with Crippen molar-refractivity contribution in [2.45, 2.75) is 6.92 Å². The fourth-order valence-electron chi connectivity index (χ4n) is 3.18. The van der Waals surface area contributed by atoms with Gasteiger partial charge in [0.15, 0.2) is 4.32 Å². The first-order chi connectivity index (χ1) is 13.2. The van der Waals surface area contributed by atoms with E-state index >= 15 is 0 Å². The van der Waals surface area contributed by atoms with Gasteiger partial charge in [0.1, 0.15) is 0 Å². The zero-order valence-electron chi connectivity index (χ0n) is 14.8. The standard InChI is InChI=1S/C22H18N2OS2/c1-2-23-15-14-16(18-10-6-7-11-19(18)23)12-13-20-21(25)24(22(26)27-20)17-8-4-3-5-9-17/h3-15H,2H2,1H3/b16-12+,20-13+. The molecule has 3 nitrogen and oxygen atoms in total. The Kier molecular flexibility index (Phi) is 4.97. The number of hydrogen-bond donors (Lipinski definition) is 0. The van der Waals surface area contributed by atoms with Gasteiger partial charge in [0, 0.05) is 24.0 Å². The van der Waals surface area contributed by atoms with Gasteiger partial charge in [0.2, 0.25) is 0 Å². The van der Waals surface area contributed by atoms with E-state index in [4.69, 9.17) is 12.2 Å². The van der Waals surface area contributed by atoms with Crippen molar-refractivity contribution in [3.05, 3.63) is 89.5 Å². The van der Waals surface area contributed by atoms with Gasteiger partial charge in [-0.2, -0.15) is 0 Å². The maximum atomic E-state index is 12.8. The molecular weight excluding hydrogens is 372 g/mol. The van der Waals surface area contributed by atoms with Crippen LogP contribution in [0, 0.1) is 0 Å². The van der Waals surface area contributed by atoms with E-state index in [0.717, 1.165) is 23.4 Å². The van der Waals surface area contributed by atoms with Crippen molar-refractivity contribution in [1.82, 2.24) is 0 Å². The maximum Gasteiger partial charge on any atom is 0.270 e. The molecule has 0 saturated carbocycles. The second-order valence-electron chi connectivity index (χ2n) is 6.12. The molecule has 2 aromatic rings. The average Bonchev–Trinajstić information content (AvgIpc) is 3.00. The van der Waals surface area contributed by atoms with Crippen LogP contribution in [0.2, 0.25) is 0 Å². The van der Waals surface area contributed by atoms with Crippen molar-refractivity contribution in [2.24, 2.45) is 0 Å². The van der Waals surface area contributed by atoms with E-state index in [1.54, 1.807) is 4.90 Å². The third kappa shape index (κ3) is 3.36. The number of anilines is 2. The zero-order valence-corrected chi connectivity index (χ0v) is 16.5. The minimum atomic E-state index is -0.0729. The summed E-state index contributed by atoms with van der Waals surface area (Å²) in [6.07, 6.45) is 8.04. The lowest BCUT2D eigenvalue weighted by Gasteiger charge is -2.26. The van der Waals surface area contributed by atoms with Crippen molar-refractivity contribution in [3.8, 4) is 0 Å². The number of benzene rings is 2. The number of fused-ring (bicyclic) bond motifs is 1. The lowest BCUT2D eigenvalue weighted by atomic mass is 9.99. The number of allylic oxidation sites excluding steroid dienone is 4. The predicted octanol–water partition coefficient (Wildman–Crippen LogP) is 5.37. The summed E-state index contributed by atoms with van der Waals surface area (Å²) < 4.78 is 0.563. The van der Waals surface area contributed by atoms with Crippen molar-refractivity contribution in [3.63, 3.8) is 0 Å². The molecule has 2 aliphatic rings. The second-order valence-corrected chi connectivity index (χ2v) is 7.79. The summed E-state index contributed by atoms with van der Waals surface area (Å²) in [5, 5.41) is 0. The Balaban J connectivity index is 1.65. The van der Waals surface area contributed by atoms with Crippen molar-refractivity contribution in [2.75, 3.05) is 16.3 Å². The SMILES string of the molecule is CCN1C=C/C(=C\C=C2\SC(=S)N(c3ccccc3)C2=O)c2ccccc21. The molecule has 0 atom stereocenters. The largest absolute Gasteiger partial charge is 0.348 e.